The molecular formula is C19H31NO4Si+. The number of benzene rings is 1. The van der Waals surface area contributed by atoms with E-state index in [1.807, 2.05) is 51.1 Å². The van der Waals surface area contributed by atoms with Crippen molar-refractivity contribution in [2.75, 3.05) is 26.4 Å². The van der Waals surface area contributed by atoms with Crippen molar-refractivity contribution in [3.05, 3.63) is 48.7 Å². The lowest BCUT2D eigenvalue weighted by Crippen LogP contribution is -2.47. The first-order chi connectivity index (χ1) is 12.1. The SMILES string of the molecule is C=C[N+]([C]=O)(CCC[Si](OCC)(OCC)OCC)Cc1ccccc1. The fourth-order valence-corrected chi connectivity index (χ4v) is 5.43. The van der Waals surface area contributed by atoms with Crippen molar-refractivity contribution >= 4 is 15.2 Å². The van der Waals surface area contributed by atoms with Crippen LogP contribution in [0.15, 0.2) is 43.1 Å². The zero-order chi connectivity index (χ0) is 18.6. The van der Waals surface area contributed by atoms with E-state index in [4.69, 9.17) is 13.3 Å². The molecule has 0 aromatic heterocycles. The minimum absolute atomic E-state index is 0.0544. The lowest BCUT2D eigenvalue weighted by Gasteiger charge is -2.30. The molecule has 0 fully saturated rings. The Kier molecular flexibility index (Phi) is 9.85. The van der Waals surface area contributed by atoms with Gasteiger partial charge < -0.3 is 13.3 Å². The van der Waals surface area contributed by atoms with Gasteiger partial charge >= 0.3 is 15.2 Å². The molecule has 1 rings (SSSR count). The smallest absolute Gasteiger partial charge is 0.374 e. The number of rotatable bonds is 14. The molecule has 0 aliphatic rings. The molecule has 25 heavy (non-hydrogen) atoms. The molecule has 0 saturated carbocycles. The third-order valence-electron chi connectivity index (χ3n) is 3.97. The van der Waals surface area contributed by atoms with Gasteiger partial charge in [-0.3, -0.25) is 0 Å². The maximum Gasteiger partial charge on any atom is 0.501 e. The van der Waals surface area contributed by atoms with Gasteiger partial charge in [0, 0.05) is 37.8 Å². The van der Waals surface area contributed by atoms with Crippen molar-refractivity contribution < 1.29 is 22.6 Å². The first-order valence-corrected chi connectivity index (χ1v) is 10.9. The van der Waals surface area contributed by atoms with Crippen molar-refractivity contribution in [1.82, 2.24) is 0 Å². The summed E-state index contributed by atoms with van der Waals surface area (Å²) < 4.78 is 17.7. The molecule has 1 amide bonds. The number of quaternary nitrogens is 1. The summed E-state index contributed by atoms with van der Waals surface area (Å²) in [5, 5.41) is 0. The number of carbonyl (C=O) groups excluding carboxylic acids is 1. The van der Waals surface area contributed by atoms with Crippen LogP contribution in [-0.4, -0.2) is 46.1 Å². The first-order valence-electron chi connectivity index (χ1n) is 8.94. The summed E-state index contributed by atoms with van der Waals surface area (Å²) in [5.41, 5.74) is 1.08. The van der Waals surface area contributed by atoms with E-state index in [-0.39, 0.29) is 4.48 Å². The second-order valence-corrected chi connectivity index (χ2v) is 8.49. The average Bonchev–Trinajstić information content (AvgIpc) is 2.62. The quantitative estimate of drug-likeness (QED) is 0.373. The number of hydrogen-bond donors (Lipinski definition) is 0. The lowest BCUT2D eigenvalue weighted by atomic mass is 10.2. The third-order valence-corrected chi connectivity index (χ3v) is 7.12. The van der Waals surface area contributed by atoms with E-state index in [1.165, 1.54) is 0 Å². The van der Waals surface area contributed by atoms with Gasteiger partial charge in [0.05, 0.1) is 12.7 Å². The summed E-state index contributed by atoms with van der Waals surface area (Å²) in [6.07, 6.45) is 4.55. The van der Waals surface area contributed by atoms with Gasteiger partial charge in [0.15, 0.2) is 0 Å². The van der Waals surface area contributed by atoms with E-state index >= 15 is 0 Å². The van der Waals surface area contributed by atoms with Gasteiger partial charge in [-0.05, 0) is 27.4 Å². The Morgan fingerprint density at radius 3 is 2.08 bits per heavy atom. The highest BCUT2D eigenvalue weighted by atomic mass is 28.4. The summed E-state index contributed by atoms with van der Waals surface area (Å²) in [7, 11) is -2.69. The summed E-state index contributed by atoms with van der Waals surface area (Å²) in [4.78, 5) is 11.7. The van der Waals surface area contributed by atoms with Crippen molar-refractivity contribution in [3.8, 4) is 0 Å². The predicted molar refractivity (Wildman–Crippen MR) is 101 cm³/mol. The molecule has 139 valence electrons. The number of hydrogen-bond acceptors (Lipinski definition) is 4. The molecule has 1 atom stereocenters. The molecule has 5 nitrogen and oxygen atoms in total. The Hall–Kier alpha value is -1.31. The minimum atomic E-state index is -2.69. The van der Waals surface area contributed by atoms with E-state index in [0.29, 0.717) is 39.0 Å². The molecule has 0 spiro atoms. The molecule has 0 N–H and O–H groups in total. The molecule has 0 aliphatic carbocycles. The van der Waals surface area contributed by atoms with E-state index in [0.717, 1.165) is 12.0 Å². The van der Waals surface area contributed by atoms with Gasteiger partial charge in [-0.2, -0.15) is 0 Å². The van der Waals surface area contributed by atoms with E-state index in [2.05, 4.69) is 13.0 Å². The second-order valence-electron chi connectivity index (χ2n) is 5.76. The van der Waals surface area contributed by atoms with Crippen LogP contribution in [0.1, 0.15) is 32.8 Å². The highest BCUT2D eigenvalue weighted by Crippen LogP contribution is 2.21. The van der Waals surface area contributed by atoms with Gasteiger partial charge in [0.1, 0.15) is 6.54 Å². The van der Waals surface area contributed by atoms with Gasteiger partial charge in [-0.25, -0.2) is 9.28 Å². The maximum absolute atomic E-state index is 11.7. The highest BCUT2D eigenvalue weighted by Gasteiger charge is 2.41. The molecule has 0 heterocycles. The van der Waals surface area contributed by atoms with Gasteiger partial charge in [0.2, 0.25) is 0 Å². The third kappa shape index (κ3) is 6.84. The highest BCUT2D eigenvalue weighted by molar-refractivity contribution is 6.60. The molecule has 1 aromatic carbocycles. The van der Waals surface area contributed by atoms with Crippen LogP contribution in [-0.2, 0) is 24.6 Å². The molecule has 1 radical (unpaired) electrons. The Morgan fingerprint density at radius 2 is 1.64 bits per heavy atom. The standard InChI is InChI=1S/C19H31NO4Si/c1-5-20(18-21,17-19-13-10-9-11-14-19)15-12-16-25(22-6-2,23-7-3)24-8-4/h5,9-11,13-14H,1,6-8,12,15-17H2,2-4H3/q+1. The number of amides is 1. The van der Waals surface area contributed by atoms with Crippen LogP contribution in [0.4, 0.5) is 0 Å². The predicted octanol–water partition coefficient (Wildman–Crippen LogP) is 3.65. The Labute approximate surface area is 153 Å². The maximum atomic E-state index is 11.7. The minimum Gasteiger partial charge on any atom is -0.374 e. The largest absolute Gasteiger partial charge is 0.501 e. The van der Waals surface area contributed by atoms with Gasteiger partial charge in [0.25, 0.3) is 0 Å². The van der Waals surface area contributed by atoms with Crippen LogP contribution < -0.4 is 0 Å². The van der Waals surface area contributed by atoms with Crippen LogP contribution in [0.3, 0.4) is 0 Å². The van der Waals surface area contributed by atoms with Crippen molar-refractivity contribution in [2.24, 2.45) is 0 Å². The van der Waals surface area contributed by atoms with E-state index in [9.17, 15) is 4.79 Å². The number of nitrogens with zero attached hydrogens (tertiary/aromatic N) is 1. The molecule has 1 aromatic rings. The van der Waals surface area contributed by atoms with Crippen LogP contribution in [0.2, 0.25) is 6.04 Å². The van der Waals surface area contributed by atoms with Gasteiger partial charge in [-0.1, -0.05) is 30.3 Å². The summed E-state index contributed by atoms with van der Waals surface area (Å²) in [5.74, 6) is 0. The topological polar surface area (TPSA) is 44.8 Å². The van der Waals surface area contributed by atoms with Crippen molar-refractivity contribution in [1.29, 1.82) is 0 Å². The van der Waals surface area contributed by atoms with Crippen LogP contribution in [0.25, 0.3) is 0 Å². The average molecular weight is 366 g/mol. The lowest BCUT2D eigenvalue weighted by molar-refractivity contribution is -0.800. The zero-order valence-corrected chi connectivity index (χ0v) is 16.7. The fourth-order valence-electron chi connectivity index (χ4n) is 2.84. The molecule has 0 saturated heterocycles. The van der Waals surface area contributed by atoms with Crippen molar-refractivity contribution in [2.45, 2.75) is 39.8 Å². The Balaban J connectivity index is 2.77. The fraction of sp³-hybridized carbons (Fsp3) is 0.526. The van der Waals surface area contributed by atoms with Crippen LogP contribution >= 0.6 is 0 Å². The van der Waals surface area contributed by atoms with E-state index < -0.39 is 8.80 Å². The van der Waals surface area contributed by atoms with Gasteiger partial charge in [-0.15, -0.1) is 0 Å². The molecular weight excluding hydrogens is 334 g/mol. The monoisotopic (exact) mass is 365 g/mol. The molecule has 0 bridgehead atoms. The Bertz CT molecular complexity index is 484. The second kappa shape index (κ2) is 11.3. The summed E-state index contributed by atoms with van der Waals surface area (Å²) >= 11 is 0. The molecule has 6 heteroatoms. The normalized spacial score (nSPS) is 14.0. The van der Waals surface area contributed by atoms with Crippen LogP contribution in [0.5, 0.6) is 0 Å². The van der Waals surface area contributed by atoms with Crippen molar-refractivity contribution in [3.63, 3.8) is 0 Å². The summed E-state index contributed by atoms with van der Waals surface area (Å²) in [6, 6.07) is 10.6. The zero-order valence-electron chi connectivity index (χ0n) is 15.7. The summed E-state index contributed by atoms with van der Waals surface area (Å²) in [6.45, 7) is 12.5. The van der Waals surface area contributed by atoms with Crippen LogP contribution in [0, 0.1) is 0 Å². The molecule has 0 aliphatic heterocycles. The molecule has 1 unspecified atom stereocenters. The first kappa shape index (κ1) is 21.7. The Morgan fingerprint density at radius 1 is 1.08 bits per heavy atom. The van der Waals surface area contributed by atoms with E-state index in [1.54, 1.807) is 6.20 Å².